The minimum Gasteiger partial charge on any atom is -0.318 e. The van der Waals surface area contributed by atoms with E-state index in [-0.39, 0.29) is 6.03 Å². The number of H-pyrrole nitrogens is 1. The fourth-order valence-electron chi connectivity index (χ4n) is 3.45. The molecule has 4 rings (SSSR count). The van der Waals surface area contributed by atoms with Crippen LogP contribution in [0.1, 0.15) is 16.7 Å². The van der Waals surface area contributed by atoms with Gasteiger partial charge in [0.05, 0.1) is 6.20 Å². The van der Waals surface area contributed by atoms with Gasteiger partial charge in [0, 0.05) is 43.2 Å². The number of aryl methyl sites for hydroxylation is 2. The zero-order chi connectivity index (χ0) is 18.1. The van der Waals surface area contributed by atoms with Crippen LogP contribution in [-0.2, 0) is 6.54 Å². The summed E-state index contributed by atoms with van der Waals surface area (Å²) < 4.78 is 0. The number of urea groups is 1. The van der Waals surface area contributed by atoms with Crippen molar-refractivity contribution < 1.29 is 4.79 Å². The molecule has 0 radical (unpaired) electrons. The van der Waals surface area contributed by atoms with E-state index in [1.54, 1.807) is 17.3 Å². The molecule has 1 saturated heterocycles. The second-order valence-corrected chi connectivity index (χ2v) is 6.74. The van der Waals surface area contributed by atoms with Gasteiger partial charge >= 0.3 is 6.03 Å². The highest BCUT2D eigenvalue weighted by atomic mass is 16.2. The number of hydrogen-bond acceptors (Lipinski definition) is 3. The van der Waals surface area contributed by atoms with Gasteiger partial charge in [-0.3, -0.25) is 10.00 Å². The SMILES string of the molecule is Cc1cc(C)cc(CN2CCN(c3ccc(-c4cn[nH]c4)cn3)C2=O)c1. The first-order valence-electron chi connectivity index (χ1n) is 8.69. The first kappa shape index (κ1) is 16.3. The van der Waals surface area contributed by atoms with Crippen LogP contribution in [0.15, 0.2) is 48.9 Å². The highest BCUT2D eigenvalue weighted by Gasteiger charge is 2.30. The van der Waals surface area contributed by atoms with Gasteiger partial charge in [0.25, 0.3) is 0 Å². The van der Waals surface area contributed by atoms with E-state index >= 15 is 0 Å². The Balaban J connectivity index is 1.48. The van der Waals surface area contributed by atoms with Gasteiger partial charge in [-0.2, -0.15) is 5.10 Å². The van der Waals surface area contributed by atoms with Crippen molar-refractivity contribution in [3.8, 4) is 11.1 Å². The Morgan fingerprint density at radius 1 is 1.04 bits per heavy atom. The average molecular weight is 347 g/mol. The van der Waals surface area contributed by atoms with Crippen LogP contribution in [0.2, 0.25) is 0 Å². The molecule has 1 aromatic carbocycles. The minimum atomic E-state index is 0.00715. The Labute approximate surface area is 152 Å². The number of carbonyl (C=O) groups is 1. The van der Waals surface area contributed by atoms with Crippen molar-refractivity contribution in [1.29, 1.82) is 0 Å². The van der Waals surface area contributed by atoms with Crippen LogP contribution in [0.5, 0.6) is 0 Å². The highest BCUT2D eigenvalue weighted by molar-refractivity contribution is 5.93. The number of benzene rings is 1. The van der Waals surface area contributed by atoms with E-state index in [0.29, 0.717) is 25.5 Å². The summed E-state index contributed by atoms with van der Waals surface area (Å²) in [5, 5.41) is 6.74. The van der Waals surface area contributed by atoms with E-state index < -0.39 is 0 Å². The first-order valence-corrected chi connectivity index (χ1v) is 8.69. The Bertz CT molecular complexity index is 898. The number of rotatable bonds is 4. The van der Waals surface area contributed by atoms with E-state index in [4.69, 9.17) is 0 Å². The quantitative estimate of drug-likeness (QED) is 0.785. The maximum Gasteiger partial charge on any atom is 0.326 e. The van der Waals surface area contributed by atoms with Gasteiger partial charge in [-0.05, 0) is 31.5 Å². The molecular weight excluding hydrogens is 326 g/mol. The lowest BCUT2D eigenvalue weighted by molar-refractivity contribution is 0.218. The number of nitrogens with one attached hydrogen (secondary N) is 1. The molecule has 0 aliphatic carbocycles. The Morgan fingerprint density at radius 2 is 1.85 bits per heavy atom. The zero-order valence-electron chi connectivity index (χ0n) is 14.9. The number of anilines is 1. The van der Waals surface area contributed by atoms with Crippen LogP contribution in [0.4, 0.5) is 10.6 Å². The summed E-state index contributed by atoms with van der Waals surface area (Å²) in [5.41, 5.74) is 5.57. The average Bonchev–Trinajstić information content (AvgIpc) is 3.25. The van der Waals surface area contributed by atoms with Crippen LogP contribution < -0.4 is 4.90 Å². The summed E-state index contributed by atoms with van der Waals surface area (Å²) in [7, 11) is 0. The largest absolute Gasteiger partial charge is 0.326 e. The molecule has 0 bridgehead atoms. The van der Waals surface area contributed by atoms with Gasteiger partial charge in [0.15, 0.2) is 0 Å². The molecule has 6 heteroatoms. The third-order valence-corrected chi connectivity index (χ3v) is 4.61. The van der Waals surface area contributed by atoms with Crippen LogP contribution in [0.25, 0.3) is 11.1 Å². The first-order chi connectivity index (χ1) is 12.6. The van der Waals surface area contributed by atoms with E-state index in [2.05, 4.69) is 47.2 Å². The van der Waals surface area contributed by atoms with E-state index in [9.17, 15) is 4.79 Å². The van der Waals surface area contributed by atoms with E-state index in [1.807, 2.05) is 23.2 Å². The number of aromatic amines is 1. The fourth-order valence-corrected chi connectivity index (χ4v) is 3.45. The monoisotopic (exact) mass is 347 g/mol. The summed E-state index contributed by atoms with van der Waals surface area (Å²) in [6.45, 7) is 6.16. The molecular formula is C20H21N5O. The molecule has 2 aromatic heterocycles. The summed E-state index contributed by atoms with van der Waals surface area (Å²) in [5.74, 6) is 0.685. The van der Waals surface area contributed by atoms with Crippen LogP contribution in [-0.4, -0.2) is 39.2 Å². The predicted octanol–water partition coefficient (Wildman–Crippen LogP) is 3.53. The third kappa shape index (κ3) is 3.18. The zero-order valence-corrected chi connectivity index (χ0v) is 14.9. The van der Waals surface area contributed by atoms with Crippen molar-refractivity contribution in [3.05, 3.63) is 65.6 Å². The lowest BCUT2D eigenvalue weighted by Gasteiger charge is -2.18. The number of hydrogen-bond donors (Lipinski definition) is 1. The lowest BCUT2D eigenvalue weighted by atomic mass is 10.1. The van der Waals surface area contributed by atoms with E-state index in [1.165, 1.54) is 16.7 Å². The highest BCUT2D eigenvalue weighted by Crippen LogP contribution is 2.23. The molecule has 3 aromatic rings. The van der Waals surface area contributed by atoms with E-state index in [0.717, 1.165) is 11.1 Å². The van der Waals surface area contributed by atoms with Crippen LogP contribution >= 0.6 is 0 Å². The van der Waals surface area contributed by atoms with Crippen molar-refractivity contribution in [2.75, 3.05) is 18.0 Å². The molecule has 1 N–H and O–H groups in total. The molecule has 0 saturated carbocycles. The number of aromatic nitrogens is 3. The molecule has 6 nitrogen and oxygen atoms in total. The van der Waals surface area contributed by atoms with Gasteiger partial charge in [0.2, 0.25) is 0 Å². The summed E-state index contributed by atoms with van der Waals surface area (Å²) >= 11 is 0. The summed E-state index contributed by atoms with van der Waals surface area (Å²) in [6, 6.07) is 10.3. The van der Waals surface area contributed by atoms with Gasteiger partial charge in [-0.25, -0.2) is 9.78 Å². The number of amides is 2. The molecule has 0 atom stereocenters. The second kappa shape index (κ2) is 6.63. The number of pyridine rings is 1. The van der Waals surface area contributed by atoms with Crippen molar-refractivity contribution >= 4 is 11.8 Å². The molecule has 26 heavy (non-hydrogen) atoms. The minimum absolute atomic E-state index is 0.00715. The molecule has 132 valence electrons. The Morgan fingerprint density at radius 3 is 2.50 bits per heavy atom. The lowest BCUT2D eigenvalue weighted by Crippen LogP contribution is -2.31. The second-order valence-electron chi connectivity index (χ2n) is 6.74. The standard InChI is InChI=1S/C20H21N5O/c1-14-7-15(2)9-16(8-14)13-24-5-6-25(20(24)26)19-4-3-17(10-21-19)18-11-22-23-12-18/h3-4,7-12H,5-6,13H2,1-2H3,(H,22,23). The van der Waals surface area contributed by atoms with Gasteiger partial charge in [-0.15, -0.1) is 0 Å². The van der Waals surface area contributed by atoms with Crippen molar-refractivity contribution in [3.63, 3.8) is 0 Å². The maximum absolute atomic E-state index is 12.8. The number of nitrogens with zero attached hydrogens (tertiary/aromatic N) is 4. The van der Waals surface area contributed by atoms with Gasteiger partial charge in [-0.1, -0.05) is 29.3 Å². The molecule has 3 heterocycles. The normalized spacial score (nSPS) is 14.3. The molecule has 1 fully saturated rings. The third-order valence-electron chi connectivity index (χ3n) is 4.61. The smallest absolute Gasteiger partial charge is 0.318 e. The molecule has 0 unspecified atom stereocenters. The predicted molar refractivity (Wildman–Crippen MR) is 101 cm³/mol. The van der Waals surface area contributed by atoms with Crippen LogP contribution in [0, 0.1) is 13.8 Å². The Kier molecular flexibility index (Phi) is 4.16. The topological polar surface area (TPSA) is 65.1 Å². The fraction of sp³-hybridized carbons (Fsp3) is 0.250. The van der Waals surface area contributed by atoms with Crippen molar-refractivity contribution in [2.24, 2.45) is 0 Å². The molecule has 1 aliphatic rings. The van der Waals surface area contributed by atoms with Crippen molar-refractivity contribution in [1.82, 2.24) is 20.1 Å². The summed E-state index contributed by atoms with van der Waals surface area (Å²) in [4.78, 5) is 20.9. The van der Waals surface area contributed by atoms with Gasteiger partial charge < -0.3 is 4.90 Å². The summed E-state index contributed by atoms with van der Waals surface area (Å²) in [6.07, 6.45) is 5.35. The Hall–Kier alpha value is -3.15. The number of carbonyl (C=O) groups excluding carboxylic acids is 1. The van der Waals surface area contributed by atoms with Crippen LogP contribution in [0.3, 0.4) is 0 Å². The van der Waals surface area contributed by atoms with Gasteiger partial charge in [0.1, 0.15) is 5.82 Å². The molecule has 2 amide bonds. The molecule has 1 aliphatic heterocycles. The molecule has 0 spiro atoms. The van der Waals surface area contributed by atoms with Crippen molar-refractivity contribution in [2.45, 2.75) is 20.4 Å². The maximum atomic E-state index is 12.8.